The van der Waals surface area contributed by atoms with Gasteiger partial charge in [-0.3, -0.25) is 4.79 Å². The SMILES string of the molecule is O=C(OCCC1CCC1)[C@H]1CCCN1. The van der Waals surface area contributed by atoms with Crippen molar-refractivity contribution in [2.24, 2.45) is 5.92 Å². The number of hydrogen-bond acceptors (Lipinski definition) is 3. The zero-order chi connectivity index (χ0) is 9.80. The van der Waals surface area contributed by atoms with Crippen LogP contribution in [0.2, 0.25) is 0 Å². The van der Waals surface area contributed by atoms with E-state index in [2.05, 4.69) is 5.32 Å². The van der Waals surface area contributed by atoms with Crippen LogP contribution in [0.1, 0.15) is 38.5 Å². The number of nitrogens with one attached hydrogen (secondary N) is 1. The van der Waals surface area contributed by atoms with Crippen molar-refractivity contribution >= 4 is 5.97 Å². The predicted molar refractivity (Wildman–Crippen MR) is 53.9 cm³/mol. The number of carbonyl (C=O) groups is 1. The maximum atomic E-state index is 11.4. The molecule has 80 valence electrons. The van der Waals surface area contributed by atoms with E-state index in [1.54, 1.807) is 0 Å². The minimum absolute atomic E-state index is 0.0172. The standard InChI is InChI=1S/C11H19NO2/c13-11(10-5-2-7-12-10)14-8-6-9-3-1-4-9/h9-10,12H,1-8H2/t10-/m1/s1. The Hall–Kier alpha value is -0.570. The van der Waals surface area contributed by atoms with Crippen molar-refractivity contribution in [3.63, 3.8) is 0 Å². The van der Waals surface area contributed by atoms with Gasteiger partial charge in [0.25, 0.3) is 0 Å². The van der Waals surface area contributed by atoms with E-state index in [-0.39, 0.29) is 12.0 Å². The molecular formula is C11H19NO2. The molecule has 1 saturated carbocycles. The van der Waals surface area contributed by atoms with Gasteiger partial charge in [0.05, 0.1) is 6.61 Å². The van der Waals surface area contributed by atoms with Crippen LogP contribution in [0.3, 0.4) is 0 Å². The lowest BCUT2D eigenvalue weighted by atomic mass is 9.83. The normalized spacial score (nSPS) is 27.3. The summed E-state index contributed by atoms with van der Waals surface area (Å²) in [6.07, 6.45) is 7.14. The lowest BCUT2D eigenvalue weighted by molar-refractivity contribution is -0.146. The molecule has 14 heavy (non-hydrogen) atoms. The second kappa shape index (κ2) is 4.78. The van der Waals surface area contributed by atoms with E-state index in [1.165, 1.54) is 19.3 Å². The number of carbonyl (C=O) groups excluding carboxylic acids is 1. The molecule has 0 amide bonds. The fourth-order valence-electron chi connectivity index (χ4n) is 2.09. The second-order valence-corrected chi connectivity index (χ2v) is 4.40. The Morgan fingerprint density at radius 2 is 2.14 bits per heavy atom. The average Bonchev–Trinajstić information content (AvgIpc) is 2.61. The van der Waals surface area contributed by atoms with E-state index in [9.17, 15) is 4.79 Å². The first-order valence-electron chi connectivity index (χ1n) is 5.76. The summed E-state index contributed by atoms with van der Waals surface area (Å²) >= 11 is 0. The number of esters is 1. The van der Waals surface area contributed by atoms with E-state index in [0.717, 1.165) is 31.7 Å². The van der Waals surface area contributed by atoms with Crippen LogP contribution >= 0.6 is 0 Å². The highest BCUT2D eigenvalue weighted by atomic mass is 16.5. The molecule has 0 radical (unpaired) electrons. The van der Waals surface area contributed by atoms with E-state index in [1.807, 2.05) is 0 Å². The summed E-state index contributed by atoms with van der Waals surface area (Å²) < 4.78 is 5.23. The monoisotopic (exact) mass is 197 g/mol. The summed E-state index contributed by atoms with van der Waals surface area (Å²) in [7, 11) is 0. The molecule has 2 aliphatic rings. The molecule has 1 aliphatic heterocycles. The van der Waals surface area contributed by atoms with Gasteiger partial charge in [-0.15, -0.1) is 0 Å². The summed E-state index contributed by atoms with van der Waals surface area (Å²) in [5.41, 5.74) is 0. The van der Waals surface area contributed by atoms with Gasteiger partial charge in [0.2, 0.25) is 0 Å². The molecule has 0 aromatic heterocycles. The summed E-state index contributed by atoms with van der Waals surface area (Å²) in [5, 5.41) is 3.15. The maximum absolute atomic E-state index is 11.4. The lowest BCUT2D eigenvalue weighted by Crippen LogP contribution is -2.32. The van der Waals surface area contributed by atoms with Crippen LogP contribution in [0.4, 0.5) is 0 Å². The van der Waals surface area contributed by atoms with Gasteiger partial charge < -0.3 is 10.1 Å². The molecule has 2 rings (SSSR count). The van der Waals surface area contributed by atoms with Crippen molar-refractivity contribution in [1.82, 2.24) is 5.32 Å². The van der Waals surface area contributed by atoms with Crippen molar-refractivity contribution in [2.75, 3.05) is 13.2 Å². The van der Waals surface area contributed by atoms with Crippen molar-refractivity contribution in [3.05, 3.63) is 0 Å². The first kappa shape index (κ1) is 9.97. The Morgan fingerprint density at radius 1 is 1.29 bits per heavy atom. The van der Waals surface area contributed by atoms with Crippen LogP contribution in [-0.2, 0) is 9.53 Å². The van der Waals surface area contributed by atoms with Gasteiger partial charge in [-0.2, -0.15) is 0 Å². The van der Waals surface area contributed by atoms with Crippen LogP contribution in [0.15, 0.2) is 0 Å². The van der Waals surface area contributed by atoms with Gasteiger partial charge >= 0.3 is 5.97 Å². The summed E-state index contributed by atoms with van der Waals surface area (Å²) in [4.78, 5) is 11.4. The summed E-state index contributed by atoms with van der Waals surface area (Å²) in [6, 6.07) is -0.0172. The molecule has 0 aromatic carbocycles. The topological polar surface area (TPSA) is 38.3 Å². The Balaban J connectivity index is 1.57. The molecule has 3 heteroatoms. The zero-order valence-electron chi connectivity index (χ0n) is 8.63. The van der Waals surface area contributed by atoms with E-state index in [0.29, 0.717) is 6.61 Å². The van der Waals surface area contributed by atoms with Crippen LogP contribution < -0.4 is 5.32 Å². The van der Waals surface area contributed by atoms with Gasteiger partial charge in [0.1, 0.15) is 6.04 Å². The number of hydrogen-bond donors (Lipinski definition) is 1. The smallest absolute Gasteiger partial charge is 0.323 e. The number of ether oxygens (including phenoxy) is 1. The first-order chi connectivity index (χ1) is 6.86. The molecule has 1 aliphatic carbocycles. The largest absolute Gasteiger partial charge is 0.465 e. The molecule has 2 fully saturated rings. The van der Waals surface area contributed by atoms with Gasteiger partial charge in [-0.1, -0.05) is 19.3 Å². The van der Waals surface area contributed by atoms with Crippen LogP contribution in [0.5, 0.6) is 0 Å². The summed E-state index contributed by atoms with van der Waals surface area (Å²) in [5.74, 6) is 0.793. The van der Waals surface area contributed by atoms with Crippen molar-refractivity contribution in [2.45, 2.75) is 44.6 Å². The Kier molecular flexibility index (Phi) is 3.40. The van der Waals surface area contributed by atoms with Crippen molar-refractivity contribution in [3.8, 4) is 0 Å². The van der Waals surface area contributed by atoms with E-state index >= 15 is 0 Å². The van der Waals surface area contributed by atoms with Gasteiger partial charge in [-0.05, 0) is 31.7 Å². The molecule has 1 atom stereocenters. The third-order valence-electron chi connectivity index (χ3n) is 3.34. The molecule has 1 heterocycles. The van der Waals surface area contributed by atoms with Gasteiger partial charge in [0.15, 0.2) is 0 Å². The fraction of sp³-hybridized carbons (Fsp3) is 0.909. The molecule has 1 N–H and O–H groups in total. The third-order valence-corrected chi connectivity index (χ3v) is 3.34. The van der Waals surface area contributed by atoms with Crippen molar-refractivity contribution < 1.29 is 9.53 Å². The maximum Gasteiger partial charge on any atom is 0.323 e. The minimum atomic E-state index is -0.0400. The fourth-order valence-corrected chi connectivity index (χ4v) is 2.09. The minimum Gasteiger partial charge on any atom is -0.465 e. The van der Waals surface area contributed by atoms with Gasteiger partial charge in [0, 0.05) is 0 Å². The molecule has 0 spiro atoms. The third kappa shape index (κ3) is 2.47. The van der Waals surface area contributed by atoms with Crippen LogP contribution in [0, 0.1) is 5.92 Å². The Bertz CT molecular complexity index is 195. The van der Waals surface area contributed by atoms with Crippen molar-refractivity contribution in [1.29, 1.82) is 0 Å². The summed E-state index contributed by atoms with van der Waals surface area (Å²) in [6.45, 7) is 1.59. The Morgan fingerprint density at radius 3 is 2.71 bits per heavy atom. The highest BCUT2D eigenvalue weighted by Crippen LogP contribution is 2.29. The van der Waals surface area contributed by atoms with E-state index in [4.69, 9.17) is 4.74 Å². The predicted octanol–water partition coefficient (Wildman–Crippen LogP) is 1.47. The molecule has 0 aromatic rings. The molecular weight excluding hydrogens is 178 g/mol. The second-order valence-electron chi connectivity index (χ2n) is 4.40. The van der Waals surface area contributed by atoms with Crippen LogP contribution in [0.25, 0.3) is 0 Å². The Labute approximate surface area is 85.2 Å². The zero-order valence-corrected chi connectivity index (χ0v) is 8.63. The molecule has 0 unspecified atom stereocenters. The highest BCUT2D eigenvalue weighted by Gasteiger charge is 2.24. The molecule has 0 bridgehead atoms. The lowest BCUT2D eigenvalue weighted by Gasteiger charge is -2.25. The first-order valence-corrected chi connectivity index (χ1v) is 5.76. The average molecular weight is 197 g/mol. The van der Waals surface area contributed by atoms with Gasteiger partial charge in [-0.25, -0.2) is 0 Å². The quantitative estimate of drug-likeness (QED) is 0.694. The number of rotatable bonds is 4. The van der Waals surface area contributed by atoms with Crippen LogP contribution in [-0.4, -0.2) is 25.2 Å². The van der Waals surface area contributed by atoms with E-state index < -0.39 is 0 Å². The highest BCUT2D eigenvalue weighted by molar-refractivity contribution is 5.76. The molecule has 1 saturated heterocycles. The molecule has 3 nitrogen and oxygen atoms in total.